The highest BCUT2D eigenvalue weighted by atomic mass is 16.2. The second-order valence-electron chi connectivity index (χ2n) is 4.90. The molecule has 0 saturated heterocycles. The molecule has 1 amide bonds. The van der Waals surface area contributed by atoms with Crippen LogP contribution in [0.15, 0.2) is 6.20 Å². The molecule has 1 heterocycles. The number of nitrogens with one attached hydrogen (secondary N) is 2. The van der Waals surface area contributed by atoms with E-state index in [0.717, 1.165) is 6.42 Å². The van der Waals surface area contributed by atoms with Crippen molar-refractivity contribution in [1.82, 2.24) is 15.5 Å². The van der Waals surface area contributed by atoms with Crippen LogP contribution >= 0.6 is 0 Å². The summed E-state index contributed by atoms with van der Waals surface area (Å²) >= 11 is 0. The van der Waals surface area contributed by atoms with Crippen LogP contribution in [0.4, 0.5) is 5.69 Å². The number of rotatable bonds is 2. The lowest BCUT2D eigenvalue weighted by Crippen LogP contribution is -2.39. The zero-order valence-corrected chi connectivity index (χ0v) is 10.2. The molecule has 1 aliphatic rings. The predicted octanol–water partition coefficient (Wildman–Crippen LogP) is 1.69. The van der Waals surface area contributed by atoms with Crippen molar-refractivity contribution in [1.29, 1.82) is 0 Å². The smallest absolute Gasteiger partial charge is 0.271 e. The number of aromatic amines is 1. The lowest BCUT2D eigenvalue weighted by atomic mass is 9.97. The molecule has 1 aromatic rings. The Morgan fingerprint density at radius 3 is 2.94 bits per heavy atom. The van der Waals surface area contributed by atoms with Gasteiger partial charge in [0.1, 0.15) is 5.69 Å². The van der Waals surface area contributed by atoms with Crippen molar-refractivity contribution >= 4 is 11.6 Å². The van der Waals surface area contributed by atoms with Crippen molar-refractivity contribution in [3.05, 3.63) is 11.9 Å². The van der Waals surface area contributed by atoms with Gasteiger partial charge in [0.15, 0.2) is 0 Å². The Morgan fingerprint density at radius 2 is 2.24 bits per heavy atom. The van der Waals surface area contributed by atoms with Crippen molar-refractivity contribution < 1.29 is 4.79 Å². The van der Waals surface area contributed by atoms with Crippen LogP contribution in [-0.2, 0) is 0 Å². The molecule has 4 N–H and O–H groups in total. The average molecular weight is 236 g/mol. The highest BCUT2D eigenvalue weighted by Gasteiger charge is 2.23. The number of amides is 1. The molecule has 1 aromatic heterocycles. The summed E-state index contributed by atoms with van der Waals surface area (Å²) in [4.78, 5) is 12.0. The summed E-state index contributed by atoms with van der Waals surface area (Å²) in [5.74, 6) is 0.393. The number of nitrogens with two attached hydrogens (primary N) is 1. The Hall–Kier alpha value is -1.52. The van der Waals surface area contributed by atoms with Crippen LogP contribution in [-0.4, -0.2) is 22.1 Å². The zero-order valence-electron chi connectivity index (χ0n) is 10.2. The predicted molar refractivity (Wildman–Crippen MR) is 66.5 cm³/mol. The molecule has 0 radical (unpaired) electrons. The quantitative estimate of drug-likeness (QED) is 0.683. The van der Waals surface area contributed by atoms with Crippen LogP contribution < -0.4 is 11.1 Å². The topological polar surface area (TPSA) is 83.8 Å². The largest absolute Gasteiger partial charge is 0.396 e. The molecule has 0 bridgehead atoms. The van der Waals surface area contributed by atoms with E-state index in [4.69, 9.17) is 5.73 Å². The van der Waals surface area contributed by atoms with E-state index in [9.17, 15) is 4.79 Å². The van der Waals surface area contributed by atoms with Crippen molar-refractivity contribution in [3.63, 3.8) is 0 Å². The van der Waals surface area contributed by atoms with Gasteiger partial charge in [-0.25, -0.2) is 0 Å². The van der Waals surface area contributed by atoms with Gasteiger partial charge in [0.25, 0.3) is 5.91 Å². The van der Waals surface area contributed by atoms with E-state index in [1.54, 1.807) is 0 Å². The van der Waals surface area contributed by atoms with Crippen LogP contribution in [0, 0.1) is 5.92 Å². The number of H-pyrrole nitrogens is 1. The molecule has 17 heavy (non-hydrogen) atoms. The summed E-state index contributed by atoms with van der Waals surface area (Å²) in [5.41, 5.74) is 6.44. The van der Waals surface area contributed by atoms with Gasteiger partial charge in [-0.2, -0.15) is 5.10 Å². The maximum absolute atomic E-state index is 12.0. The highest BCUT2D eigenvalue weighted by Crippen LogP contribution is 2.23. The molecule has 5 nitrogen and oxygen atoms in total. The SMILES string of the molecule is CC1CCCCCC1NC(=O)c1[nH]ncc1N. The number of anilines is 1. The Morgan fingerprint density at radius 1 is 1.47 bits per heavy atom. The maximum atomic E-state index is 12.0. The number of nitrogens with zero attached hydrogens (tertiary/aromatic N) is 1. The molecule has 0 aromatic carbocycles. The van der Waals surface area contributed by atoms with Gasteiger partial charge in [-0.1, -0.05) is 26.2 Å². The van der Waals surface area contributed by atoms with Gasteiger partial charge in [-0.15, -0.1) is 0 Å². The van der Waals surface area contributed by atoms with Crippen molar-refractivity contribution in [2.24, 2.45) is 5.92 Å². The van der Waals surface area contributed by atoms with E-state index in [-0.39, 0.29) is 11.9 Å². The second kappa shape index (κ2) is 5.21. The molecule has 2 rings (SSSR count). The third-order valence-electron chi connectivity index (χ3n) is 3.57. The molecular weight excluding hydrogens is 216 g/mol. The Kier molecular flexibility index (Phi) is 3.66. The van der Waals surface area contributed by atoms with Gasteiger partial charge < -0.3 is 11.1 Å². The van der Waals surface area contributed by atoms with E-state index in [2.05, 4.69) is 22.4 Å². The first-order valence-corrected chi connectivity index (χ1v) is 6.28. The first-order valence-electron chi connectivity index (χ1n) is 6.28. The van der Waals surface area contributed by atoms with E-state index >= 15 is 0 Å². The summed E-state index contributed by atoms with van der Waals surface area (Å²) in [6.07, 6.45) is 7.42. The van der Waals surface area contributed by atoms with Crippen LogP contribution in [0.3, 0.4) is 0 Å². The number of carbonyl (C=O) groups excluding carboxylic acids is 1. The Bertz CT molecular complexity index is 388. The van der Waals surface area contributed by atoms with Gasteiger partial charge in [-0.3, -0.25) is 9.89 Å². The van der Waals surface area contributed by atoms with Crippen LogP contribution in [0.5, 0.6) is 0 Å². The second-order valence-corrected chi connectivity index (χ2v) is 4.90. The monoisotopic (exact) mass is 236 g/mol. The van der Waals surface area contributed by atoms with E-state index < -0.39 is 0 Å². The number of hydrogen-bond donors (Lipinski definition) is 3. The van der Waals surface area contributed by atoms with Gasteiger partial charge >= 0.3 is 0 Å². The molecule has 0 spiro atoms. The highest BCUT2D eigenvalue weighted by molar-refractivity contribution is 5.97. The Balaban J connectivity index is 2.00. The fraction of sp³-hybridized carbons (Fsp3) is 0.667. The molecular formula is C12H20N4O. The van der Waals surface area contributed by atoms with E-state index in [1.165, 1.54) is 31.9 Å². The van der Waals surface area contributed by atoms with Crippen LogP contribution in [0.2, 0.25) is 0 Å². The van der Waals surface area contributed by atoms with Gasteiger partial charge in [-0.05, 0) is 18.8 Å². The standard InChI is InChI=1S/C12H20N4O/c1-8-5-3-2-4-6-10(8)15-12(17)11-9(13)7-14-16-11/h7-8,10H,2-6,13H2,1H3,(H,14,16)(H,15,17). The molecule has 5 heteroatoms. The van der Waals surface area contributed by atoms with Crippen molar-refractivity contribution in [2.45, 2.75) is 45.1 Å². The molecule has 94 valence electrons. The molecule has 1 saturated carbocycles. The summed E-state index contributed by atoms with van der Waals surface area (Å²) in [6, 6.07) is 0.257. The van der Waals surface area contributed by atoms with Crippen molar-refractivity contribution in [3.8, 4) is 0 Å². The van der Waals surface area contributed by atoms with Gasteiger partial charge in [0.2, 0.25) is 0 Å². The molecule has 2 atom stereocenters. The summed E-state index contributed by atoms with van der Waals surface area (Å²) in [6.45, 7) is 2.20. The minimum absolute atomic E-state index is 0.140. The number of aromatic nitrogens is 2. The van der Waals surface area contributed by atoms with Gasteiger partial charge in [0.05, 0.1) is 11.9 Å². The number of carbonyl (C=O) groups is 1. The Labute approximate surface area is 101 Å². The first kappa shape index (κ1) is 12.0. The lowest BCUT2D eigenvalue weighted by Gasteiger charge is -2.22. The average Bonchev–Trinajstić information content (AvgIpc) is 2.63. The normalized spacial score (nSPS) is 25.2. The van der Waals surface area contributed by atoms with Crippen molar-refractivity contribution in [2.75, 3.05) is 5.73 Å². The molecule has 0 aliphatic heterocycles. The third kappa shape index (κ3) is 2.78. The number of hydrogen-bond acceptors (Lipinski definition) is 3. The van der Waals surface area contributed by atoms with Crippen LogP contribution in [0.25, 0.3) is 0 Å². The summed E-state index contributed by atoms with van der Waals surface area (Å²) < 4.78 is 0. The summed E-state index contributed by atoms with van der Waals surface area (Å²) in [5, 5.41) is 9.46. The molecule has 1 aliphatic carbocycles. The molecule has 1 fully saturated rings. The van der Waals surface area contributed by atoms with Crippen LogP contribution in [0.1, 0.15) is 49.5 Å². The number of nitrogen functional groups attached to an aromatic ring is 1. The van der Waals surface area contributed by atoms with E-state index in [0.29, 0.717) is 17.3 Å². The lowest BCUT2D eigenvalue weighted by molar-refractivity contribution is 0.0917. The minimum atomic E-state index is -0.140. The minimum Gasteiger partial charge on any atom is -0.396 e. The third-order valence-corrected chi connectivity index (χ3v) is 3.57. The fourth-order valence-electron chi connectivity index (χ4n) is 2.43. The van der Waals surface area contributed by atoms with E-state index in [1.807, 2.05) is 0 Å². The first-order chi connectivity index (χ1) is 8.18. The van der Waals surface area contributed by atoms with Gasteiger partial charge in [0, 0.05) is 6.04 Å². The zero-order chi connectivity index (χ0) is 12.3. The molecule has 2 unspecified atom stereocenters. The summed E-state index contributed by atoms with van der Waals surface area (Å²) in [7, 11) is 0. The fourth-order valence-corrected chi connectivity index (χ4v) is 2.43. The maximum Gasteiger partial charge on any atom is 0.271 e.